The summed E-state index contributed by atoms with van der Waals surface area (Å²) in [6.07, 6.45) is -2.15. The third kappa shape index (κ3) is 5.12. The molecule has 1 aromatic carbocycles. The van der Waals surface area contributed by atoms with Gasteiger partial charge in [0.1, 0.15) is 4.90 Å². The average Bonchev–Trinajstić information content (AvgIpc) is 2.62. The molecule has 0 unspecified atom stereocenters. The van der Waals surface area contributed by atoms with Crippen molar-refractivity contribution in [2.75, 3.05) is 18.4 Å². The van der Waals surface area contributed by atoms with Crippen LogP contribution in [0, 0.1) is 0 Å². The molecule has 0 saturated heterocycles. The highest BCUT2D eigenvalue weighted by molar-refractivity contribution is 7.90. The first-order chi connectivity index (χ1) is 13.1. The van der Waals surface area contributed by atoms with Crippen LogP contribution in [0.3, 0.4) is 0 Å². The van der Waals surface area contributed by atoms with Gasteiger partial charge in [0, 0.05) is 31.2 Å². The summed E-state index contributed by atoms with van der Waals surface area (Å²) in [6.45, 7) is 4.51. The fourth-order valence-electron chi connectivity index (χ4n) is 2.40. The number of rotatable bonds is 6. The number of aromatic nitrogens is 1. The molecule has 1 aromatic heterocycles. The van der Waals surface area contributed by atoms with Gasteiger partial charge < -0.3 is 16.0 Å². The number of guanidine groups is 1. The Kier molecular flexibility index (Phi) is 6.49. The van der Waals surface area contributed by atoms with E-state index in [4.69, 9.17) is 5.73 Å². The van der Waals surface area contributed by atoms with Crippen LogP contribution in [0.5, 0.6) is 0 Å². The second-order valence-corrected chi connectivity index (χ2v) is 7.24. The molecule has 7 nitrogen and oxygen atoms in total. The van der Waals surface area contributed by atoms with Crippen molar-refractivity contribution < 1.29 is 21.6 Å². The number of nitrogens with zero attached hydrogens (tertiary/aromatic N) is 3. The predicted octanol–water partition coefficient (Wildman–Crippen LogP) is 3.19. The van der Waals surface area contributed by atoms with Crippen molar-refractivity contribution in [2.24, 2.45) is 10.1 Å². The molecule has 1 heterocycles. The Hall–Kier alpha value is -2.82. The Morgan fingerprint density at radius 2 is 1.93 bits per heavy atom. The minimum Gasteiger partial charge on any atom is -0.369 e. The highest BCUT2D eigenvalue weighted by Gasteiger charge is 2.30. The molecule has 0 saturated carbocycles. The summed E-state index contributed by atoms with van der Waals surface area (Å²) in [6, 6.07) is 5.74. The van der Waals surface area contributed by atoms with E-state index >= 15 is 0 Å². The second-order valence-electron chi connectivity index (χ2n) is 5.67. The van der Waals surface area contributed by atoms with Crippen LogP contribution in [0.2, 0.25) is 0 Å². The van der Waals surface area contributed by atoms with E-state index < -0.39 is 21.8 Å². The maximum Gasteiger partial charge on any atom is 0.416 e. The lowest BCUT2D eigenvalue weighted by molar-refractivity contribution is -0.137. The van der Waals surface area contributed by atoms with Gasteiger partial charge in [-0.3, -0.25) is 4.98 Å². The van der Waals surface area contributed by atoms with Crippen LogP contribution in [0.15, 0.2) is 52.0 Å². The zero-order valence-electron chi connectivity index (χ0n) is 15.2. The number of anilines is 2. The number of nitrogens with two attached hydrogens (primary N) is 1. The Balaban J connectivity index is 2.42. The smallest absolute Gasteiger partial charge is 0.369 e. The molecular formula is C17H20F3N5O2S. The molecule has 2 rings (SSSR count). The molecule has 0 fully saturated rings. The van der Waals surface area contributed by atoms with Crippen molar-refractivity contribution in [3.05, 3.63) is 48.3 Å². The molecule has 2 aromatic rings. The van der Waals surface area contributed by atoms with E-state index in [1.807, 2.05) is 0 Å². The molecule has 3 N–H and O–H groups in total. The predicted molar refractivity (Wildman–Crippen MR) is 101 cm³/mol. The van der Waals surface area contributed by atoms with Gasteiger partial charge in [-0.25, -0.2) is 0 Å². The van der Waals surface area contributed by atoms with Crippen LogP contribution in [0.25, 0.3) is 0 Å². The Bertz CT molecular complexity index is 957. The molecule has 152 valence electrons. The maximum atomic E-state index is 12.9. The largest absolute Gasteiger partial charge is 0.416 e. The fraction of sp³-hybridized carbons (Fsp3) is 0.294. The topological polar surface area (TPSA) is 101 Å². The van der Waals surface area contributed by atoms with Gasteiger partial charge in [0.05, 0.1) is 11.3 Å². The second kappa shape index (κ2) is 8.46. The fourth-order valence-corrected chi connectivity index (χ4v) is 3.45. The molecule has 0 atom stereocenters. The normalized spacial score (nSPS) is 12.7. The molecule has 0 radical (unpaired) electrons. The zero-order valence-corrected chi connectivity index (χ0v) is 16.0. The lowest BCUT2D eigenvalue weighted by Crippen LogP contribution is -2.37. The lowest BCUT2D eigenvalue weighted by Gasteiger charge is -2.19. The van der Waals surface area contributed by atoms with Crippen LogP contribution in [0.1, 0.15) is 19.4 Å². The highest BCUT2D eigenvalue weighted by atomic mass is 32.2. The van der Waals surface area contributed by atoms with Gasteiger partial charge in [0.15, 0.2) is 0 Å². The Morgan fingerprint density at radius 1 is 1.25 bits per heavy atom. The van der Waals surface area contributed by atoms with Crippen LogP contribution in [0.4, 0.5) is 24.5 Å². The molecular weight excluding hydrogens is 395 g/mol. The number of hydrogen-bond acceptors (Lipinski definition) is 4. The van der Waals surface area contributed by atoms with Crippen LogP contribution in [-0.2, 0) is 16.2 Å². The van der Waals surface area contributed by atoms with Crippen LogP contribution >= 0.6 is 0 Å². The molecule has 0 spiro atoms. The number of pyridine rings is 1. The molecule has 0 aliphatic heterocycles. The molecule has 28 heavy (non-hydrogen) atoms. The third-order valence-electron chi connectivity index (χ3n) is 3.83. The SMILES string of the molecule is CCN(CC)/C(N)=N\S(=O)(=O)c1cnccc1Nc1cccc(C(F)(F)F)c1. The molecule has 0 bridgehead atoms. The van der Waals surface area contributed by atoms with E-state index in [0.29, 0.717) is 13.1 Å². The lowest BCUT2D eigenvalue weighted by atomic mass is 10.2. The van der Waals surface area contributed by atoms with E-state index in [1.165, 1.54) is 24.4 Å². The van der Waals surface area contributed by atoms with Crippen molar-refractivity contribution in [3.63, 3.8) is 0 Å². The summed E-state index contributed by atoms with van der Waals surface area (Å²) in [4.78, 5) is 5.03. The summed E-state index contributed by atoms with van der Waals surface area (Å²) in [5.41, 5.74) is 5.00. The first-order valence-electron chi connectivity index (χ1n) is 8.32. The van der Waals surface area contributed by atoms with Gasteiger partial charge >= 0.3 is 6.18 Å². The first-order valence-corrected chi connectivity index (χ1v) is 9.76. The summed E-state index contributed by atoms with van der Waals surface area (Å²) in [5.74, 6) is -0.182. The van der Waals surface area contributed by atoms with E-state index in [1.54, 1.807) is 18.7 Å². The number of benzene rings is 1. The van der Waals surface area contributed by atoms with Crippen LogP contribution < -0.4 is 11.1 Å². The van der Waals surface area contributed by atoms with Gasteiger partial charge in [-0.1, -0.05) is 6.07 Å². The summed E-state index contributed by atoms with van der Waals surface area (Å²) in [7, 11) is -4.24. The quantitative estimate of drug-likeness (QED) is 0.555. The van der Waals surface area contributed by atoms with Gasteiger partial charge in [0.2, 0.25) is 5.96 Å². The minimum absolute atomic E-state index is 0.0328. The summed E-state index contributed by atoms with van der Waals surface area (Å²) >= 11 is 0. The number of hydrogen-bond donors (Lipinski definition) is 2. The molecule has 0 amide bonds. The van der Waals surface area contributed by atoms with Crippen molar-refractivity contribution in [3.8, 4) is 0 Å². The van der Waals surface area contributed by atoms with Crippen LogP contribution in [-0.4, -0.2) is 37.4 Å². The molecule has 11 heteroatoms. The maximum absolute atomic E-state index is 12.9. The highest BCUT2D eigenvalue weighted by Crippen LogP contribution is 2.32. The Labute approximate surface area is 161 Å². The first kappa shape index (κ1) is 21.5. The zero-order chi connectivity index (χ0) is 20.9. The number of alkyl halides is 3. The van der Waals surface area contributed by atoms with E-state index in [-0.39, 0.29) is 22.2 Å². The third-order valence-corrected chi connectivity index (χ3v) is 5.14. The van der Waals surface area contributed by atoms with Crippen molar-refractivity contribution >= 4 is 27.4 Å². The minimum atomic E-state index is -4.52. The monoisotopic (exact) mass is 415 g/mol. The van der Waals surface area contributed by atoms with E-state index in [9.17, 15) is 21.6 Å². The van der Waals surface area contributed by atoms with Gasteiger partial charge in [-0.05, 0) is 38.1 Å². The molecule has 0 aliphatic rings. The Morgan fingerprint density at radius 3 is 2.54 bits per heavy atom. The average molecular weight is 415 g/mol. The van der Waals surface area contributed by atoms with Crippen molar-refractivity contribution in [2.45, 2.75) is 24.9 Å². The molecule has 0 aliphatic carbocycles. The van der Waals surface area contributed by atoms with E-state index in [0.717, 1.165) is 18.3 Å². The number of nitrogens with one attached hydrogen (secondary N) is 1. The van der Waals surface area contributed by atoms with Gasteiger partial charge in [-0.2, -0.15) is 21.6 Å². The standard InChI is InChI=1S/C17H20F3N5O2S/c1-3-25(4-2)16(21)24-28(26,27)15-11-22-9-8-14(15)23-13-7-5-6-12(10-13)17(18,19)20/h5-11H,3-4H2,1-2H3,(H2,21,24)(H,22,23). The van der Waals surface area contributed by atoms with Gasteiger partial charge in [0.25, 0.3) is 10.0 Å². The van der Waals surface area contributed by atoms with Gasteiger partial charge in [-0.15, -0.1) is 4.40 Å². The number of sulfonamides is 1. The number of halogens is 3. The summed E-state index contributed by atoms with van der Waals surface area (Å²) < 4.78 is 67.6. The summed E-state index contributed by atoms with van der Waals surface area (Å²) in [5, 5.41) is 2.68. The van der Waals surface area contributed by atoms with Crippen molar-refractivity contribution in [1.29, 1.82) is 0 Å². The van der Waals surface area contributed by atoms with E-state index in [2.05, 4.69) is 14.7 Å². The van der Waals surface area contributed by atoms with Crippen molar-refractivity contribution in [1.82, 2.24) is 9.88 Å².